The first kappa shape index (κ1) is 12.5. The van der Waals surface area contributed by atoms with Gasteiger partial charge in [-0.1, -0.05) is 6.07 Å². The van der Waals surface area contributed by atoms with E-state index in [-0.39, 0.29) is 0 Å². The number of nitrogens with zero attached hydrogens (tertiary/aromatic N) is 4. The highest BCUT2D eigenvalue weighted by Gasteiger charge is 2.37. The molecule has 1 N–H and O–H groups in total. The molecule has 18 heavy (non-hydrogen) atoms. The quantitative estimate of drug-likeness (QED) is 0.896. The number of pyridine rings is 1. The predicted molar refractivity (Wildman–Crippen MR) is 54.9 cm³/mol. The van der Waals surface area contributed by atoms with Crippen molar-refractivity contribution in [2.24, 2.45) is 0 Å². The van der Waals surface area contributed by atoms with E-state index < -0.39 is 18.7 Å². The molecule has 2 aromatic rings. The third-order valence-corrected chi connectivity index (χ3v) is 2.27. The van der Waals surface area contributed by atoms with E-state index >= 15 is 0 Å². The van der Waals surface area contributed by atoms with E-state index in [0.29, 0.717) is 11.4 Å². The lowest BCUT2D eigenvalue weighted by molar-refractivity contribution is -0.203. The lowest BCUT2D eigenvalue weighted by Gasteiger charge is -2.14. The molecule has 96 valence electrons. The molecule has 2 heterocycles. The van der Waals surface area contributed by atoms with E-state index in [4.69, 9.17) is 5.11 Å². The largest absolute Gasteiger partial charge is 0.414 e. The van der Waals surface area contributed by atoms with Crippen LogP contribution in [0.3, 0.4) is 0 Å². The summed E-state index contributed by atoms with van der Waals surface area (Å²) in [4.78, 5) is 7.66. The van der Waals surface area contributed by atoms with Crippen LogP contribution in [0.25, 0.3) is 5.82 Å². The van der Waals surface area contributed by atoms with Gasteiger partial charge in [0.1, 0.15) is 12.7 Å². The van der Waals surface area contributed by atoms with Gasteiger partial charge in [-0.25, -0.2) is 14.6 Å². The molecule has 5 nitrogen and oxygen atoms in total. The summed E-state index contributed by atoms with van der Waals surface area (Å²) in [6, 6.07) is 2.96. The fourth-order valence-corrected chi connectivity index (χ4v) is 1.34. The van der Waals surface area contributed by atoms with Gasteiger partial charge in [0.2, 0.25) is 0 Å². The molecule has 0 radical (unpaired) electrons. The lowest BCUT2D eigenvalue weighted by atomic mass is 10.1. The summed E-state index contributed by atoms with van der Waals surface area (Å²) in [5.74, 6) is 0.442. The smallest absolute Gasteiger partial charge is 0.383 e. The van der Waals surface area contributed by atoms with E-state index in [0.717, 1.165) is 0 Å². The molecule has 0 spiro atoms. The number of aromatic nitrogens is 4. The Morgan fingerprint density at radius 3 is 2.61 bits per heavy atom. The fraction of sp³-hybridized carbons (Fsp3) is 0.300. The Balaban J connectivity index is 2.09. The van der Waals surface area contributed by atoms with Crippen LogP contribution in [0.1, 0.15) is 5.56 Å². The van der Waals surface area contributed by atoms with E-state index in [2.05, 4.69) is 15.1 Å². The summed E-state index contributed by atoms with van der Waals surface area (Å²) < 4.78 is 37.8. The monoisotopic (exact) mass is 258 g/mol. The van der Waals surface area contributed by atoms with Crippen LogP contribution >= 0.6 is 0 Å². The molecule has 0 bridgehead atoms. The number of aliphatic hydroxyl groups excluding tert-OH is 1. The molecule has 1 unspecified atom stereocenters. The Morgan fingerprint density at radius 1 is 1.33 bits per heavy atom. The molecule has 0 aliphatic carbocycles. The van der Waals surface area contributed by atoms with Gasteiger partial charge in [0.15, 0.2) is 11.9 Å². The SMILES string of the molecule is OC(Cc1ccc(-n2cncn2)nc1)C(F)(F)F. The van der Waals surface area contributed by atoms with Crippen molar-refractivity contribution in [3.05, 3.63) is 36.5 Å². The van der Waals surface area contributed by atoms with Crippen molar-refractivity contribution in [1.82, 2.24) is 19.7 Å². The standard InChI is InChI=1S/C10H9F3N4O/c11-10(12,13)8(18)3-7-1-2-9(15-4-7)17-6-14-5-16-17/h1-2,4-6,8,18H,3H2. The Bertz CT molecular complexity index is 495. The number of aliphatic hydroxyl groups is 1. The highest BCUT2D eigenvalue weighted by molar-refractivity contribution is 5.24. The van der Waals surface area contributed by atoms with Crippen LogP contribution in [0.2, 0.25) is 0 Å². The first-order chi connectivity index (χ1) is 8.47. The van der Waals surface area contributed by atoms with Crippen LogP contribution in [0, 0.1) is 0 Å². The molecule has 0 aliphatic rings. The van der Waals surface area contributed by atoms with Crippen molar-refractivity contribution in [3.8, 4) is 5.82 Å². The highest BCUT2D eigenvalue weighted by atomic mass is 19.4. The molecule has 0 amide bonds. The normalized spacial score (nSPS) is 13.6. The minimum absolute atomic E-state index is 0.295. The minimum atomic E-state index is -4.62. The zero-order valence-electron chi connectivity index (χ0n) is 9.04. The van der Waals surface area contributed by atoms with E-state index in [1.54, 1.807) is 0 Å². The summed E-state index contributed by atoms with van der Waals surface area (Å²) in [5, 5.41) is 12.7. The number of halogens is 3. The summed E-state index contributed by atoms with van der Waals surface area (Å²) in [6.45, 7) is 0. The zero-order chi connectivity index (χ0) is 13.2. The van der Waals surface area contributed by atoms with Crippen molar-refractivity contribution < 1.29 is 18.3 Å². The van der Waals surface area contributed by atoms with Crippen molar-refractivity contribution >= 4 is 0 Å². The van der Waals surface area contributed by atoms with E-state index in [9.17, 15) is 13.2 Å². The maximum atomic E-state index is 12.1. The zero-order valence-corrected chi connectivity index (χ0v) is 9.04. The minimum Gasteiger partial charge on any atom is -0.383 e. The maximum absolute atomic E-state index is 12.1. The molecule has 2 aromatic heterocycles. The van der Waals surface area contributed by atoms with Gasteiger partial charge in [-0.2, -0.15) is 18.3 Å². The number of rotatable bonds is 3. The summed E-state index contributed by atoms with van der Waals surface area (Å²) in [6.07, 6.45) is -3.50. The molecular weight excluding hydrogens is 249 g/mol. The van der Waals surface area contributed by atoms with E-state index in [1.807, 2.05) is 0 Å². The van der Waals surface area contributed by atoms with Crippen molar-refractivity contribution in [2.75, 3.05) is 0 Å². The molecule has 0 saturated heterocycles. The second-order valence-corrected chi connectivity index (χ2v) is 3.63. The van der Waals surface area contributed by atoms with Crippen molar-refractivity contribution in [1.29, 1.82) is 0 Å². The van der Waals surface area contributed by atoms with Crippen molar-refractivity contribution in [2.45, 2.75) is 18.7 Å². The average Bonchev–Trinajstić information content (AvgIpc) is 2.82. The molecule has 0 saturated carbocycles. The fourth-order valence-electron chi connectivity index (χ4n) is 1.34. The number of hydrogen-bond acceptors (Lipinski definition) is 4. The second kappa shape index (κ2) is 4.73. The predicted octanol–water partition coefficient (Wildman–Crippen LogP) is 1.13. The maximum Gasteiger partial charge on any atom is 0.414 e. The van der Waals surface area contributed by atoms with Gasteiger partial charge in [-0.15, -0.1) is 0 Å². The first-order valence-electron chi connectivity index (χ1n) is 5.01. The Hall–Kier alpha value is -1.96. The van der Waals surface area contributed by atoms with Gasteiger partial charge < -0.3 is 5.11 Å². The third-order valence-electron chi connectivity index (χ3n) is 2.27. The Labute approximate surface area is 99.9 Å². The average molecular weight is 258 g/mol. The molecule has 1 atom stereocenters. The molecular formula is C10H9F3N4O. The van der Waals surface area contributed by atoms with Crippen LogP contribution in [-0.2, 0) is 6.42 Å². The molecule has 8 heteroatoms. The molecule has 0 aliphatic heterocycles. The Kier molecular flexibility index (Phi) is 3.28. The van der Waals surface area contributed by atoms with Crippen LogP contribution in [0.4, 0.5) is 13.2 Å². The molecule has 2 rings (SSSR count). The van der Waals surface area contributed by atoms with Gasteiger partial charge >= 0.3 is 6.18 Å². The van der Waals surface area contributed by atoms with Crippen LogP contribution < -0.4 is 0 Å². The first-order valence-corrected chi connectivity index (χ1v) is 5.01. The molecule has 0 aromatic carbocycles. The van der Waals surface area contributed by atoms with Crippen LogP contribution in [0.5, 0.6) is 0 Å². The van der Waals surface area contributed by atoms with Gasteiger partial charge in [0.05, 0.1) is 0 Å². The Morgan fingerprint density at radius 2 is 2.11 bits per heavy atom. The summed E-state index contributed by atoms with van der Waals surface area (Å²) in [7, 11) is 0. The third kappa shape index (κ3) is 2.83. The van der Waals surface area contributed by atoms with Gasteiger partial charge in [-0.3, -0.25) is 0 Å². The lowest BCUT2D eigenvalue weighted by Crippen LogP contribution is -2.30. The number of hydrogen-bond donors (Lipinski definition) is 1. The summed E-state index contributed by atoms with van der Waals surface area (Å²) >= 11 is 0. The van der Waals surface area contributed by atoms with Gasteiger partial charge in [0, 0.05) is 12.6 Å². The van der Waals surface area contributed by atoms with E-state index in [1.165, 1.54) is 35.7 Å². The molecule has 0 fully saturated rings. The summed E-state index contributed by atoms with van der Waals surface area (Å²) in [5.41, 5.74) is 0.295. The second-order valence-electron chi connectivity index (χ2n) is 3.63. The topological polar surface area (TPSA) is 63.8 Å². The highest BCUT2D eigenvalue weighted by Crippen LogP contribution is 2.22. The van der Waals surface area contributed by atoms with Crippen molar-refractivity contribution in [3.63, 3.8) is 0 Å². The van der Waals surface area contributed by atoms with Crippen LogP contribution in [0.15, 0.2) is 31.0 Å². The van der Waals surface area contributed by atoms with Crippen LogP contribution in [-0.4, -0.2) is 37.1 Å². The van der Waals surface area contributed by atoms with Gasteiger partial charge in [0.25, 0.3) is 0 Å². The van der Waals surface area contributed by atoms with Gasteiger partial charge in [-0.05, 0) is 11.6 Å². The number of alkyl halides is 3.